The maximum atomic E-state index is 12.3. The number of hydrogen-bond donors (Lipinski definition) is 1. The summed E-state index contributed by atoms with van der Waals surface area (Å²) >= 11 is 0. The second-order valence-electron chi connectivity index (χ2n) is 9.36. The zero-order valence-corrected chi connectivity index (χ0v) is 20.1. The van der Waals surface area contributed by atoms with Crippen molar-refractivity contribution in [2.45, 2.75) is 19.4 Å². The number of anilines is 3. The van der Waals surface area contributed by atoms with E-state index in [1.54, 1.807) is 12.3 Å². The normalized spacial score (nSPS) is 18.8. The summed E-state index contributed by atoms with van der Waals surface area (Å²) in [5, 5.41) is 4.03. The van der Waals surface area contributed by atoms with Crippen LogP contribution in [0.2, 0.25) is 0 Å². The van der Waals surface area contributed by atoms with Crippen molar-refractivity contribution in [3.63, 3.8) is 0 Å². The molecule has 0 bridgehead atoms. The summed E-state index contributed by atoms with van der Waals surface area (Å²) in [7, 11) is -1.33. The molecule has 1 fully saturated rings. The van der Waals surface area contributed by atoms with Crippen molar-refractivity contribution in [1.82, 2.24) is 24.4 Å². The third-order valence-corrected chi connectivity index (χ3v) is 7.22. The molecular weight excluding hydrogens is 440 g/mol. The highest BCUT2D eigenvalue weighted by Gasteiger charge is 2.35. The Morgan fingerprint density at radius 2 is 1.82 bits per heavy atom. The second-order valence-corrected chi connectivity index (χ2v) is 11.3. The Morgan fingerprint density at radius 3 is 2.48 bits per heavy atom. The number of aromatic nitrogens is 4. The minimum absolute atomic E-state index is 0.0931. The number of rotatable bonds is 3. The van der Waals surface area contributed by atoms with Crippen molar-refractivity contribution < 1.29 is 8.42 Å². The topological polar surface area (TPSA) is 109 Å². The van der Waals surface area contributed by atoms with Gasteiger partial charge < -0.3 is 19.7 Å². The zero-order valence-electron chi connectivity index (χ0n) is 19.3. The van der Waals surface area contributed by atoms with E-state index in [4.69, 9.17) is 4.98 Å². The number of nitrogens with zero attached hydrogens (tertiary/aromatic N) is 7. The molecule has 0 aromatic carbocycles. The Bertz CT molecular complexity index is 1340. The summed E-state index contributed by atoms with van der Waals surface area (Å²) in [5.41, 5.74) is 1.89. The van der Waals surface area contributed by atoms with Crippen LogP contribution in [0.4, 0.5) is 17.5 Å². The number of likely N-dealkylation sites (N-methyl/N-ethyl adjacent to an activating group) is 1. The van der Waals surface area contributed by atoms with E-state index in [1.807, 2.05) is 30.7 Å². The molecule has 1 N–H and O–H groups in total. The lowest BCUT2D eigenvalue weighted by molar-refractivity contribution is 0.313. The van der Waals surface area contributed by atoms with E-state index in [0.29, 0.717) is 29.7 Å². The molecule has 174 valence electrons. The van der Waals surface area contributed by atoms with Gasteiger partial charge in [0.25, 0.3) is 0 Å². The van der Waals surface area contributed by atoms with Crippen molar-refractivity contribution >= 4 is 43.4 Å². The van der Waals surface area contributed by atoms with E-state index in [0.717, 1.165) is 37.3 Å². The Hall–Kier alpha value is -3.05. The Kier molecular flexibility index (Phi) is 5.13. The predicted octanol–water partition coefficient (Wildman–Crippen LogP) is 1.86. The molecule has 0 aliphatic carbocycles. The van der Waals surface area contributed by atoms with Gasteiger partial charge in [-0.3, -0.25) is 4.99 Å². The van der Waals surface area contributed by atoms with Crippen LogP contribution in [-0.4, -0.2) is 83.9 Å². The maximum Gasteiger partial charge on any atom is 0.230 e. The predicted molar refractivity (Wildman–Crippen MR) is 130 cm³/mol. The summed E-state index contributed by atoms with van der Waals surface area (Å²) in [4.78, 5) is 22.7. The lowest BCUT2D eigenvalue weighted by Crippen LogP contribution is -2.44. The van der Waals surface area contributed by atoms with Gasteiger partial charge in [0.15, 0.2) is 14.9 Å². The van der Waals surface area contributed by atoms with Crippen LogP contribution in [0.25, 0.3) is 11.0 Å². The van der Waals surface area contributed by atoms with Crippen LogP contribution in [0.1, 0.15) is 19.5 Å². The van der Waals surface area contributed by atoms with Gasteiger partial charge in [0.05, 0.1) is 29.7 Å². The van der Waals surface area contributed by atoms with E-state index < -0.39 is 15.4 Å². The molecule has 1 saturated heterocycles. The molecule has 0 atom stereocenters. The first kappa shape index (κ1) is 21.8. The number of sulfone groups is 1. The minimum Gasteiger partial charge on any atom is -0.368 e. The molecule has 0 saturated carbocycles. The van der Waals surface area contributed by atoms with Gasteiger partial charge in [-0.1, -0.05) is 0 Å². The molecule has 2 aliphatic heterocycles. The van der Waals surface area contributed by atoms with Crippen LogP contribution in [0.15, 0.2) is 35.6 Å². The first-order valence-corrected chi connectivity index (χ1v) is 12.8. The van der Waals surface area contributed by atoms with E-state index in [9.17, 15) is 8.42 Å². The molecule has 2 aliphatic rings. The second kappa shape index (κ2) is 7.77. The number of pyridine rings is 1. The smallest absolute Gasteiger partial charge is 0.230 e. The number of nitrogens with one attached hydrogen (secondary N) is 1. The van der Waals surface area contributed by atoms with E-state index in [2.05, 4.69) is 43.2 Å². The summed E-state index contributed by atoms with van der Waals surface area (Å²) in [5.74, 6) is 1.05. The largest absolute Gasteiger partial charge is 0.368 e. The summed E-state index contributed by atoms with van der Waals surface area (Å²) in [6, 6.07) is 5.77. The van der Waals surface area contributed by atoms with Gasteiger partial charge in [-0.25, -0.2) is 18.4 Å². The van der Waals surface area contributed by atoms with Gasteiger partial charge in [0.1, 0.15) is 11.5 Å². The van der Waals surface area contributed by atoms with Gasteiger partial charge >= 0.3 is 0 Å². The molecule has 5 heterocycles. The lowest BCUT2D eigenvalue weighted by atomic mass is 10.0. The molecule has 11 heteroatoms. The van der Waals surface area contributed by atoms with Gasteiger partial charge in [-0.05, 0) is 39.1 Å². The van der Waals surface area contributed by atoms with Crippen LogP contribution in [0.3, 0.4) is 0 Å². The molecule has 33 heavy (non-hydrogen) atoms. The highest BCUT2D eigenvalue weighted by molar-refractivity contribution is 8.06. The first-order chi connectivity index (χ1) is 15.6. The highest BCUT2D eigenvalue weighted by Crippen LogP contribution is 2.32. The quantitative estimate of drug-likeness (QED) is 0.621. The molecule has 3 aromatic heterocycles. The van der Waals surface area contributed by atoms with Crippen LogP contribution < -0.4 is 10.2 Å². The average molecular weight is 469 g/mol. The van der Waals surface area contributed by atoms with Crippen molar-refractivity contribution in [3.8, 4) is 0 Å². The molecule has 5 rings (SSSR count). The van der Waals surface area contributed by atoms with Crippen LogP contribution >= 0.6 is 0 Å². The number of fused-ring (bicyclic) bond motifs is 3. The zero-order chi connectivity index (χ0) is 23.4. The molecule has 3 aromatic rings. The van der Waals surface area contributed by atoms with E-state index >= 15 is 0 Å². The molecule has 0 spiro atoms. The molecular formula is C22H28N8O2S. The van der Waals surface area contributed by atoms with Crippen LogP contribution in [-0.2, 0) is 15.4 Å². The lowest BCUT2D eigenvalue weighted by Gasteiger charge is -2.33. The van der Waals surface area contributed by atoms with Crippen molar-refractivity contribution in [2.75, 3.05) is 56.2 Å². The Labute approximate surface area is 193 Å². The van der Waals surface area contributed by atoms with E-state index in [1.165, 1.54) is 6.26 Å². The van der Waals surface area contributed by atoms with Crippen LogP contribution in [0, 0.1) is 0 Å². The maximum absolute atomic E-state index is 12.3. The molecule has 0 radical (unpaired) electrons. The fraction of sp³-hybridized carbons (Fsp3) is 0.455. The number of hydrogen-bond acceptors (Lipinski definition) is 9. The minimum atomic E-state index is -3.46. The van der Waals surface area contributed by atoms with Crippen molar-refractivity contribution in [3.05, 3.63) is 36.3 Å². The monoisotopic (exact) mass is 468 g/mol. The van der Waals surface area contributed by atoms with E-state index in [-0.39, 0.29) is 5.04 Å². The fourth-order valence-corrected chi connectivity index (χ4v) is 5.20. The third-order valence-electron chi connectivity index (χ3n) is 6.18. The van der Waals surface area contributed by atoms with Gasteiger partial charge in [-0.2, -0.15) is 4.98 Å². The van der Waals surface area contributed by atoms with Gasteiger partial charge in [0, 0.05) is 44.0 Å². The standard InChI is InChI=1S/C22H28N8O2S/c1-22(2)14-25-20(33(4,31)32)17-11-15-12-24-21(27-19(15)30(17)22)26-18-6-5-16(13-23-18)29-9-7-28(3)8-10-29/h5-6,11-13H,7-10,14H2,1-4H3,(H,23,24,26,27). The molecule has 0 unspecified atom stereocenters. The fourth-order valence-electron chi connectivity index (χ4n) is 4.37. The first-order valence-electron chi connectivity index (χ1n) is 10.9. The Morgan fingerprint density at radius 1 is 1.06 bits per heavy atom. The highest BCUT2D eigenvalue weighted by atomic mass is 32.2. The molecule has 0 amide bonds. The number of piperazine rings is 1. The van der Waals surface area contributed by atoms with Gasteiger partial charge in [-0.15, -0.1) is 0 Å². The summed E-state index contributed by atoms with van der Waals surface area (Å²) in [6.07, 6.45) is 4.75. The summed E-state index contributed by atoms with van der Waals surface area (Å²) < 4.78 is 26.5. The number of aliphatic imine (C=N–C) groups is 1. The average Bonchev–Trinajstić information content (AvgIpc) is 3.14. The van der Waals surface area contributed by atoms with Crippen molar-refractivity contribution in [1.29, 1.82) is 0 Å². The summed E-state index contributed by atoms with van der Waals surface area (Å²) in [6.45, 7) is 8.44. The van der Waals surface area contributed by atoms with Gasteiger partial charge in [0.2, 0.25) is 5.95 Å². The third kappa shape index (κ3) is 4.06. The SMILES string of the molecule is CN1CCN(c2ccc(Nc3ncc4cc5n(c4n3)C(C)(C)CN=C5S(C)(=O)=O)nc2)CC1. The van der Waals surface area contributed by atoms with Crippen LogP contribution in [0.5, 0.6) is 0 Å². The van der Waals surface area contributed by atoms with Crippen molar-refractivity contribution in [2.24, 2.45) is 4.99 Å². The Balaban J connectivity index is 1.44. The molecule has 10 nitrogen and oxygen atoms in total.